The zero-order valence-electron chi connectivity index (χ0n) is 35.1. The van der Waals surface area contributed by atoms with Crippen molar-refractivity contribution in [2.75, 3.05) is 6.61 Å². The summed E-state index contributed by atoms with van der Waals surface area (Å²) in [4.78, 5) is 0. The van der Waals surface area contributed by atoms with E-state index < -0.39 is 85.1 Å². The molecule has 20 heteroatoms. The molecule has 0 saturated heterocycles. The van der Waals surface area contributed by atoms with Crippen molar-refractivity contribution in [1.82, 2.24) is 0 Å². The van der Waals surface area contributed by atoms with Crippen LogP contribution in [0.2, 0.25) is 144 Å². The minimum absolute atomic E-state index is 0.206. The molecule has 0 atom stereocenters. The van der Waals surface area contributed by atoms with E-state index in [-0.39, 0.29) is 6.61 Å². The van der Waals surface area contributed by atoms with E-state index in [1.165, 1.54) is 0 Å². The molecule has 0 aliphatic rings. The minimum Gasteiger partial charge on any atom is -0.417 e. The average molecular weight is 856 g/mol. The summed E-state index contributed by atoms with van der Waals surface area (Å²) in [7, 11) is -27.1. The van der Waals surface area contributed by atoms with E-state index in [4.69, 9.17) is 37.0 Å². The van der Waals surface area contributed by atoms with Gasteiger partial charge in [-0.2, -0.15) is 0 Å². The van der Waals surface area contributed by atoms with Gasteiger partial charge in [0.1, 0.15) is 0 Å². The molecule has 0 bridgehead atoms. The van der Waals surface area contributed by atoms with Gasteiger partial charge in [0.05, 0.1) is 0 Å². The van der Waals surface area contributed by atoms with Crippen LogP contribution in [0.5, 0.6) is 0 Å². The highest BCUT2D eigenvalue weighted by Gasteiger charge is 2.63. The van der Waals surface area contributed by atoms with E-state index in [9.17, 15) is 5.11 Å². The van der Waals surface area contributed by atoms with Gasteiger partial charge >= 0.3 is 35.2 Å². The van der Waals surface area contributed by atoms with Crippen LogP contribution in [-0.2, 0) is 37.0 Å². The summed E-state index contributed by atoms with van der Waals surface area (Å²) >= 11 is 0. The molecule has 0 amide bonds. The summed E-state index contributed by atoms with van der Waals surface area (Å²) in [6.07, 6.45) is 4.50. The zero-order chi connectivity index (χ0) is 38.3. The Labute approximate surface area is 307 Å². The quantitative estimate of drug-likeness (QED) is 0.0706. The Morgan fingerprint density at radius 3 is 0.708 bits per heavy atom. The van der Waals surface area contributed by atoms with Crippen LogP contribution in [0.15, 0.2) is 0 Å². The number of hydrogen-bond donors (Lipinski definition) is 1. The van der Waals surface area contributed by atoms with Gasteiger partial charge in [-0.25, -0.2) is 0 Å². The molecule has 0 aromatic heterocycles. The molecule has 48 heavy (non-hydrogen) atoms. The zero-order valence-corrected chi connectivity index (χ0v) is 45.1. The van der Waals surface area contributed by atoms with Gasteiger partial charge < -0.3 is 42.1 Å². The van der Waals surface area contributed by atoms with Crippen molar-refractivity contribution in [1.29, 1.82) is 0 Å². The van der Waals surface area contributed by atoms with Crippen molar-refractivity contribution < 1.29 is 42.1 Å². The highest BCUT2D eigenvalue weighted by molar-refractivity contribution is 6.95. The second-order valence-corrected chi connectivity index (χ2v) is 58.8. The van der Waals surface area contributed by atoms with E-state index in [1.807, 2.05) is 19.6 Å². The average Bonchev–Trinajstić information content (AvgIpc) is 2.66. The van der Waals surface area contributed by atoms with Gasteiger partial charge in [-0.15, -0.1) is 0 Å². The number of aliphatic hydroxyl groups excluding tert-OH is 1. The Morgan fingerprint density at radius 1 is 0.292 bits per heavy atom. The molecule has 0 aliphatic heterocycles. The second kappa shape index (κ2) is 18.4. The Bertz CT molecular complexity index is 796. The molecule has 0 aromatic carbocycles. The normalized spacial score (nSPS) is 15.4. The van der Waals surface area contributed by atoms with Crippen LogP contribution in [0.3, 0.4) is 0 Å². The number of unbranched alkanes of at least 4 members (excludes halogenated alkanes) is 4. The van der Waals surface area contributed by atoms with Gasteiger partial charge in [-0.3, -0.25) is 0 Å². The van der Waals surface area contributed by atoms with Gasteiger partial charge in [-0.1, -0.05) is 19.3 Å². The smallest absolute Gasteiger partial charge is 0.417 e. The fourth-order valence-corrected chi connectivity index (χ4v) is 47.5. The lowest BCUT2D eigenvalue weighted by atomic mass is 10.2. The number of hydrogen-bond acceptors (Lipinski definition) is 10. The van der Waals surface area contributed by atoms with Crippen molar-refractivity contribution in [2.24, 2.45) is 0 Å². The monoisotopic (exact) mass is 854 g/mol. The van der Waals surface area contributed by atoms with Crippen molar-refractivity contribution >= 4 is 85.1 Å². The molecule has 0 radical (unpaired) electrons. The Hall–Kier alpha value is 1.77. The third kappa shape index (κ3) is 24.9. The first-order chi connectivity index (χ1) is 20.9. The standard InChI is InChI=1S/C28H78O10Si10/c1-39(2,3)30-45(19,31-40(4,5)6)36-48(28-26-24-22-23-25-27-29,37-46(20,32-41(7,8)9)33-42(10,11)12)38-47(21,34-43(13,14)15)35-44(16,17)18/h29H,22-28H2,1-21H3. The van der Waals surface area contributed by atoms with E-state index in [0.717, 1.165) is 32.1 Å². The molecule has 290 valence electrons. The van der Waals surface area contributed by atoms with Gasteiger partial charge in [0.2, 0.25) is 0 Å². The molecular formula is C28H78O10Si10. The highest BCUT2D eigenvalue weighted by Crippen LogP contribution is 2.37. The van der Waals surface area contributed by atoms with E-state index in [0.29, 0.717) is 6.04 Å². The summed E-state index contributed by atoms with van der Waals surface area (Å²) in [5.74, 6) is 0. The molecule has 0 saturated carbocycles. The third-order valence-electron chi connectivity index (χ3n) is 5.61. The van der Waals surface area contributed by atoms with Crippen molar-refractivity contribution in [2.45, 2.75) is 176 Å². The predicted octanol–water partition coefficient (Wildman–Crippen LogP) is 9.73. The minimum atomic E-state index is -3.85. The lowest BCUT2D eigenvalue weighted by Gasteiger charge is -2.49. The lowest BCUT2D eigenvalue weighted by molar-refractivity contribution is 0.119. The number of rotatable bonds is 25. The molecule has 0 fully saturated rings. The molecule has 0 aromatic rings. The molecule has 0 rings (SSSR count). The van der Waals surface area contributed by atoms with Crippen LogP contribution < -0.4 is 0 Å². The highest BCUT2D eigenvalue weighted by atomic mass is 28.6. The molecule has 0 spiro atoms. The van der Waals surface area contributed by atoms with Crippen LogP contribution >= 0.6 is 0 Å². The Morgan fingerprint density at radius 2 is 0.500 bits per heavy atom. The molecule has 0 unspecified atom stereocenters. The molecule has 1 N–H and O–H groups in total. The topological polar surface area (TPSA) is 103 Å². The number of aliphatic hydroxyl groups is 1. The predicted molar refractivity (Wildman–Crippen MR) is 225 cm³/mol. The van der Waals surface area contributed by atoms with Crippen LogP contribution in [0, 0.1) is 0 Å². The summed E-state index contributed by atoms with van der Waals surface area (Å²) in [6.45, 7) is 45.3. The third-order valence-corrected chi connectivity index (χ3v) is 38.4. The van der Waals surface area contributed by atoms with Gasteiger partial charge in [-0.05, 0) is 131 Å². The maximum Gasteiger partial charge on any atom is 0.478 e. The summed E-state index contributed by atoms with van der Waals surface area (Å²) < 4.78 is 64.3. The van der Waals surface area contributed by atoms with Gasteiger partial charge in [0, 0.05) is 32.3 Å². The summed E-state index contributed by atoms with van der Waals surface area (Å²) in [6, 6.07) is 0.526. The van der Waals surface area contributed by atoms with Crippen molar-refractivity contribution in [3.05, 3.63) is 0 Å². The summed E-state index contributed by atoms with van der Waals surface area (Å²) in [5.41, 5.74) is 0. The largest absolute Gasteiger partial charge is 0.478 e. The SMILES string of the molecule is C[Si](C)(C)O[Si](C)(O[Si](C)(C)C)O[Si](CCCCCCCO)(O[Si](C)(O[Si](C)(C)C)O[Si](C)(C)C)O[Si](C)(O[Si](C)(C)C)O[Si](C)(C)C. The second-order valence-electron chi connectivity index (χ2n) is 19.1. The molecule has 0 aliphatic carbocycles. The molecule has 10 nitrogen and oxygen atoms in total. The van der Waals surface area contributed by atoms with Gasteiger partial charge in [0.15, 0.2) is 49.9 Å². The van der Waals surface area contributed by atoms with Crippen molar-refractivity contribution in [3.63, 3.8) is 0 Å². The van der Waals surface area contributed by atoms with Crippen LogP contribution in [0.25, 0.3) is 0 Å². The summed E-state index contributed by atoms with van der Waals surface area (Å²) in [5, 5.41) is 9.39. The molecule has 0 heterocycles. The van der Waals surface area contributed by atoms with Crippen LogP contribution in [-0.4, -0.2) is 96.8 Å². The van der Waals surface area contributed by atoms with Crippen LogP contribution in [0.1, 0.15) is 32.1 Å². The first-order valence-electron chi connectivity index (χ1n) is 17.8. The van der Waals surface area contributed by atoms with Gasteiger partial charge in [0.25, 0.3) is 0 Å². The lowest BCUT2D eigenvalue weighted by Crippen LogP contribution is -2.71. The first kappa shape index (κ1) is 49.8. The van der Waals surface area contributed by atoms with Crippen LogP contribution in [0.4, 0.5) is 0 Å². The maximum absolute atomic E-state index is 9.39. The molecular weight excluding hydrogens is 777 g/mol. The maximum atomic E-state index is 9.39. The van der Waals surface area contributed by atoms with E-state index >= 15 is 0 Å². The Balaban J connectivity index is 7.79. The fraction of sp³-hybridized carbons (Fsp3) is 1.00. The van der Waals surface area contributed by atoms with Crippen molar-refractivity contribution in [3.8, 4) is 0 Å². The first-order valence-corrected chi connectivity index (χ1v) is 46.9. The fourth-order valence-electron chi connectivity index (χ4n) is 5.57. The van der Waals surface area contributed by atoms with E-state index in [2.05, 4.69) is 118 Å². The Kier molecular flexibility index (Phi) is 19.1. The van der Waals surface area contributed by atoms with E-state index in [1.54, 1.807) is 0 Å².